The molecule has 1 rings (SSSR count). The van der Waals surface area contributed by atoms with Crippen LogP contribution in [0.15, 0.2) is 24.3 Å². The fourth-order valence-electron chi connectivity index (χ4n) is 1.27. The molecule has 0 radical (unpaired) electrons. The van der Waals surface area contributed by atoms with Crippen molar-refractivity contribution in [1.29, 1.82) is 0 Å². The molecule has 1 aromatic carbocycles. The van der Waals surface area contributed by atoms with E-state index in [1.54, 1.807) is 7.11 Å². The molecule has 0 saturated carbocycles. The Morgan fingerprint density at radius 2 is 2.31 bits per heavy atom. The van der Waals surface area contributed by atoms with Crippen LogP contribution in [0.3, 0.4) is 0 Å². The minimum absolute atomic E-state index is 0.132. The summed E-state index contributed by atoms with van der Waals surface area (Å²) in [7, 11) is 1.61. The Bertz CT molecular complexity index is 355. The maximum absolute atomic E-state index is 11.4. The first-order valence-corrected chi connectivity index (χ1v) is 5.65. The number of methoxy groups -OCH3 is 1. The van der Waals surface area contributed by atoms with Gasteiger partial charge in [-0.2, -0.15) is 0 Å². The summed E-state index contributed by atoms with van der Waals surface area (Å²) in [5, 5.41) is 2.32. The van der Waals surface area contributed by atoms with Crippen LogP contribution in [0.4, 0.5) is 0 Å². The van der Waals surface area contributed by atoms with Crippen molar-refractivity contribution < 1.29 is 9.53 Å². The molecular formula is C12H16ClNO2. The van der Waals surface area contributed by atoms with Crippen LogP contribution in [0, 0.1) is 0 Å². The minimum Gasteiger partial charge on any atom is -0.497 e. The number of alkyl halides is 1. The highest BCUT2D eigenvalue weighted by atomic mass is 35.5. The molecule has 0 saturated heterocycles. The molecule has 0 heterocycles. The second-order valence-electron chi connectivity index (χ2n) is 3.45. The Balaban J connectivity index is 2.51. The van der Waals surface area contributed by atoms with Gasteiger partial charge < -0.3 is 10.1 Å². The normalized spacial score (nSPS) is 11.9. The lowest BCUT2D eigenvalue weighted by molar-refractivity contribution is -0.120. The van der Waals surface area contributed by atoms with Gasteiger partial charge in [0.15, 0.2) is 0 Å². The molecule has 3 nitrogen and oxygen atoms in total. The van der Waals surface area contributed by atoms with Crippen LogP contribution >= 0.6 is 11.6 Å². The summed E-state index contributed by atoms with van der Waals surface area (Å²) in [4.78, 5) is 11.4. The van der Waals surface area contributed by atoms with Gasteiger partial charge in [0, 0.05) is 6.54 Å². The number of nitrogens with one attached hydrogen (secondary N) is 1. The Kier molecular flexibility index (Phi) is 5.12. The highest BCUT2D eigenvalue weighted by molar-refractivity contribution is 6.30. The average Bonchev–Trinajstić information content (AvgIpc) is 2.35. The summed E-state index contributed by atoms with van der Waals surface area (Å²) >= 11 is 5.80. The average molecular weight is 242 g/mol. The largest absolute Gasteiger partial charge is 0.497 e. The van der Waals surface area contributed by atoms with Crippen molar-refractivity contribution >= 4 is 17.5 Å². The predicted molar refractivity (Wildman–Crippen MR) is 64.8 cm³/mol. The molecular weight excluding hydrogens is 226 g/mol. The number of halogens is 1. The number of hydrogen-bond donors (Lipinski definition) is 1. The maximum Gasteiger partial charge on any atom is 0.238 e. The van der Waals surface area contributed by atoms with E-state index in [2.05, 4.69) is 5.32 Å². The second-order valence-corrected chi connectivity index (χ2v) is 3.97. The highest BCUT2D eigenvalue weighted by Crippen LogP contribution is 2.12. The van der Waals surface area contributed by atoms with Crippen LogP contribution in [0.25, 0.3) is 0 Å². The third kappa shape index (κ3) is 3.74. The Hall–Kier alpha value is -1.22. The topological polar surface area (TPSA) is 38.3 Å². The van der Waals surface area contributed by atoms with Crippen LogP contribution in [0.5, 0.6) is 5.75 Å². The van der Waals surface area contributed by atoms with Gasteiger partial charge in [-0.25, -0.2) is 0 Å². The SMILES string of the molecule is CCC(Cl)C(=O)NCc1cccc(OC)c1. The standard InChI is InChI=1S/C12H16ClNO2/c1-3-11(13)12(15)14-8-9-5-4-6-10(7-9)16-2/h4-7,11H,3,8H2,1-2H3,(H,14,15). The first kappa shape index (κ1) is 12.8. The van der Waals surface area contributed by atoms with E-state index in [-0.39, 0.29) is 5.91 Å². The van der Waals surface area contributed by atoms with Crippen LogP contribution in [-0.2, 0) is 11.3 Å². The molecule has 4 heteroatoms. The fourth-order valence-corrected chi connectivity index (χ4v) is 1.34. The number of ether oxygens (including phenoxy) is 1. The maximum atomic E-state index is 11.4. The van der Waals surface area contributed by atoms with Crippen LogP contribution < -0.4 is 10.1 Å². The van der Waals surface area contributed by atoms with Gasteiger partial charge in [0.25, 0.3) is 0 Å². The summed E-state index contributed by atoms with van der Waals surface area (Å²) in [5.41, 5.74) is 0.993. The summed E-state index contributed by atoms with van der Waals surface area (Å²) < 4.78 is 5.09. The van der Waals surface area contributed by atoms with Crippen molar-refractivity contribution in [3.8, 4) is 5.75 Å². The first-order valence-electron chi connectivity index (χ1n) is 5.22. The predicted octanol–water partition coefficient (Wildman–Crippen LogP) is 2.33. The molecule has 1 atom stereocenters. The number of carbonyl (C=O) groups is 1. The lowest BCUT2D eigenvalue weighted by Gasteiger charge is -2.09. The summed E-state index contributed by atoms with van der Waals surface area (Å²) in [6, 6.07) is 7.56. The smallest absolute Gasteiger partial charge is 0.238 e. The van der Waals surface area contributed by atoms with E-state index in [0.29, 0.717) is 13.0 Å². The zero-order chi connectivity index (χ0) is 12.0. The van der Waals surface area contributed by atoms with E-state index in [1.807, 2.05) is 31.2 Å². The number of benzene rings is 1. The molecule has 1 unspecified atom stereocenters. The van der Waals surface area contributed by atoms with Crippen LogP contribution in [0.1, 0.15) is 18.9 Å². The van der Waals surface area contributed by atoms with Gasteiger partial charge in [-0.15, -0.1) is 11.6 Å². The molecule has 0 bridgehead atoms. The van der Waals surface area contributed by atoms with Crippen molar-refractivity contribution in [2.24, 2.45) is 0 Å². The van der Waals surface area contributed by atoms with Gasteiger partial charge in [0.2, 0.25) is 5.91 Å². The molecule has 0 aliphatic carbocycles. The van der Waals surface area contributed by atoms with E-state index >= 15 is 0 Å². The third-order valence-electron chi connectivity index (χ3n) is 2.24. The lowest BCUT2D eigenvalue weighted by Crippen LogP contribution is -2.30. The molecule has 1 amide bonds. The molecule has 1 N–H and O–H groups in total. The van der Waals surface area contributed by atoms with Gasteiger partial charge in [0.1, 0.15) is 11.1 Å². The van der Waals surface area contributed by atoms with Gasteiger partial charge in [0.05, 0.1) is 7.11 Å². The number of carbonyl (C=O) groups excluding carboxylic acids is 1. The fraction of sp³-hybridized carbons (Fsp3) is 0.417. The van der Waals surface area contributed by atoms with E-state index < -0.39 is 5.38 Å². The van der Waals surface area contributed by atoms with Crippen molar-refractivity contribution in [2.45, 2.75) is 25.3 Å². The van der Waals surface area contributed by atoms with E-state index in [0.717, 1.165) is 11.3 Å². The Labute approximate surface area is 101 Å². The van der Waals surface area contributed by atoms with Crippen molar-refractivity contribution in [2.75, 3.05) is 7.11 Å². The summed E-state index contributed by atoms with van der Waals surface area (Å²) in [6.45, 7) is 2.35. The molecule has 0 aliphatic rings. The molecule has 0 fully saturated rings. The van der Waals surface area contributed by atoms with Crippen LogP contribution in [0.2, 0.25) is 0 Å². The highest BCUT2D eigenvalue weighted by Gasteiger charge is 2.11. The summed E-state index contributed by atoms with van der Waals surface area (Å²) in [5.74, 6) is 0.650. The number of rotatable bonds is 5. The molecule has 88 valence electrons. The first-order chi connectivity index (χ1) is 7.67. The lowest BCUT2D eigenvalue weighted by atomic mass is 10.2. The van der Waals surface area contributed by atoms with E-state index in [1.165, 1.54) is 0 Å². The molecule has 0 spiro atoms. The molecule has 1 aromatic rings. The van der Waals surface area contributed by atoms with Gasteiger partial charge in [-0.05, 0) is 24.1 Å². The molecule has 16 heavy (non-hydrogen) atoms. The van der Waals surface area contributed by atoms with Crippen LogP contribution in [-0.4, -0.2) is 18.4 Å². The van der Waals surface area contributed by atoms with Gasteiger partial charge >= 0.3 is 0 Å². The van der Waals surface area contributed by atoms with Crippen molar-refractivity contribution in [1.82, 2.24) is 5.32 Å². The Morgan fingerprint density at radius 1 is 1.56 bits per heavy atom. The zero-order valence-electron chi connectivity index (χ0n) is 9.50. The second kappa shape index (κ2) is 6.38. The molecule has 0 aliphatic heterocycles. The summed E-state index contributed by atoms with van der Waals surface area (Å²) in [6.07, 6.45) is 0.630. The number of amides is 1. The van der Waals surface area contributed by atoms with Gasteiger partial charge in [-0.3, -0.25) is 4.79 Å². The van der Waals surface area contributed by atoms with Crippen molar-refractivity contribution in [3.63, 3.8) is 0 Å². The third-order valence-corrected chi connectivity index (χ3v) is 2.75. The quantitative estimate of drug-likeness (QED) is 0.804. The monoisotopic (exact) mass is 241 g/mol. The van der Waals surface area contributed by atoms with Crippen molar-refractivity contribution in [3.05, 3.63) is 29.8 Å². The van der Waals surface area contributed by atoms with E-state index in [9.17, 15) is 4.79 Å². The molecule has 0 aromatic heterocycles. The van der Waals surface area contributed by atoms with Gasteiger partial charge in [-0.1, -0.05) is 19.1 Å². The number of hydrogen-bond acceptors (Lipinski definition) is 2. The minimum atomic E-state index is -0.453. The van der Waals surface area contributed by atoms with E-state index in [4.69, 9.17) is 16.3 Å². The Morgan fingerprint density at radius 3 is 2.94 bits per heavy atom. The zero-order valence-corrected chi connectivity index (χ0v) is 10.3.